The Balaban J connectivity index is 2.53. The van der Waals surface area contributed by atoms with Gasteiger partial charge in [-0.05, 0) is 52.4 Å². The van der Waals surface area contributed by atoms with Crippen LogP contribution in [0.1, 0.15) is 112 Å². The number of unbranched alkanes of at least 4 members (excludes halogenated alkanes) is 3. The first kappa shape index (κ1) is 40.4. The van der Waals surface area contributed by atoms with E-state index in [-0.39, 0.29) is 25.0 Å². The number of ether oxygens (including phenoxy) is 1. The zero-order valence-corrected chi connectivity index (χ0v) is 29.5. The van der Waals surface area contributed by atoms with E-state index in [4.69, 9.17) is 10.5 Å². The third kappa shape index (κ3) is 12.3. The van der Waals surface area contributed by atoms with Crippen LogP contribution in [0.25, 0.3) is 0 Å². The molecule has 8 atom stereocenters. The van der Waals surface area contributed by atoms with Gasteiger partial charge in [0.05, 0.1) is 24.7 Å². The van der Waals surface area contributed by atoms with Gasteiger partial charge in [0.15, 0.2) is 0 Å². The normalized spacial score (nSPS) is 30.7. The van der Waals surface area contributed by atoms with Crippen molar-refractivity contribution in [1.29, 1.82) is 0 Å². The molecule has 1 heterocycles. The van der Waals surface area contributed by atoms with Crippen molar-refractivity contribution >= 4 is 29.5 Å². The molecular weight excluding hydrogens is 604 g/mol. The van der Waals surface area contributed by atoms with Gasteiger partial charge in [0.1, 0.15) is 24.2 Å². The van der Waals surface area contributed by atoms with Crippen LogP contribution in [0.5, 0.6) is 0 Å². The van der Waals surface area contributed by atoms with Crippen LogP contribution in [-0.4, -0.2) is 102 Å². The number of carbonyl (C=O) groups is 5. The van der Waals surface area contributed by atoms with Crippen LogP contribution in [0.4, 0.5) is 0 Å². The number of amides is 5. The Morgan fingerprint density at radius 2 is 1.53 bits per heavy atom. The lowest BCUT2D eigenvalue weighted by Gasteiger charge is -2.35. The second-order valence-corrected chi connectivity index (χ2v) is 13.6. The predicted molar refractivity (Wildman–Crippen MR) is 180 cm³/mol. The molecule has 13 nitrogen and oxygen atoms in total. The number of aliphatic hydroxyl groups is 1. The Hall–Kier alpha value is -2.77. The van der Waals surface area contributed by atoms with Crippen molar-refractivity contribution in [1.82, 2.24) is 26.2 Å². The molecule has 1 aliphatic carbocycles. The van der Waals surface area contributed by atoms with Gasteiger partial charge in [0, 0.05) is 19.6 Å². The molecule has 13 heteroatoms. The molecule has 0 radical (unpaired) electrons. The number of carbonyl (C=O) groups excluding carboxylic acids is 5. The fraction of sp³-hybridized carbons (Fsp3) is 0.853. The summed E-state index contributed by atoms with van der Waals surface area (Å²) in [6.45, 7) is 8.82. The van der Waals surface area contributed by atoms with Crippen LogP contribution in [0.3, 0.4) is 0 Å². The Morgan fingerprint density at radius 1 is 0.851 bits per heavy atom. The quantitative estimate of drug-likeness (QED) is 0.189. The van der Waals surface area contributed by atoms with Gasteiger partial charge in [-0.1, -0.05) is 65.2 Å². The summed E-state index contributed by atoms with van der Waals surface area (Å²) in [6.07, 6.45) is 8.04. The van der Waals surface area contributed by atoms with E-state index in [0.29, 0.717) is 19.3 Å². The van der Waals surface area contributed by atoms with E-state index in [2.05, 4.69) is 28.2 Å². The molecule has 7 N–H and O–H groups in total. The highest BCUT2D eigenvalue weighted by Crippen LogP contribution is 2.28. The van der Waals surface area contributed by atoms with Gasteiger partial charge in [-0.15, -0.1) is 0 Å². The van der Waals surface area contributed by atoms with Crippen molar-refractivity contribution in [3.8, 4) is 0 Å². The van der Waals surface area contributed by atoms with E-state index in [1.165, 1.54) is 11.8 Å². The van der Waals surface area contributed by atoms with Gasteiger partial charge >= 0.3 is 0 Å². The first-order valence-electron chi connectivity index (χ1n) is 17.8. The highest BCUT2D eigenvalue weighted by Gasteiger charge is 2.39. The molecule has 270 valence electrons. The number of rotatable bonds is 10. The number of nitrogens with two attached hydrogens (primary N) is 1. The number of hydrogen-bond acceptors (Lipinski definition) is 8. The van der Waals surface area contributed by atoms with Crippen molar-refractivity contribution in [2.45, 2.75) is 154 Å². The first-order chi connectivity index (χ1) is 22.4. The van der Waals surface area contributed by atoms with E-state index in [1.807, 2.05) is 13.8 Å². The molecule has 0 unspecified atom stereocenters. The minimum atomic E-state index is -1.32. The van der Waals surface area contributed by atoms with E-state index in [0.717, 1.165) is 57.8 Å². The zero-order chi connectivity index (χ0) is 35.1. The maximum atomic E-state index is 14.1. The molecule has 2 fully saturated rings. The Bertz CT molecular complexity index is 1020. The van der Waals surface area contributed by atoms with Gasteiger partial charge in [-0.2, -0.15) is 0 Å². The molecule has 1 saturated heterocycles. The minimum Gasteiger partial charge on any atom is -0.391 e. The second kappa shape index (κ2) is 20.6. The van der Waals surface area contributed by atoms with Crippen molar-refractivity contribution in [3.05, 3.63) is 0 Å². The van der Waals surface area contributed by atoms with Gasteiger partial charge in [-0.25, -0.2) is 0 Å². The Kier molecular flexibility index (Phi) is 17.7. The van der Waals surface area contributed by atoms with Gasteiger partial charge in [0.2, 0.25) is 29.5 Å². The van der Waals surface area contributed by atoms with E-state index < -0.39 is 72.0 Å². The van der Waals surface area contributed by atoms with Crippen LogP contribution >= 0.6 is 0 Å². The summed E-state index contributed by atoms with van der Waals surface area (Å²) in [5, 5.41) is 21.4. The molecule has 0 bridgehead atoms. The van der Waals surface area contributed by atoms with Crippen LogP contribution < -0.4 is 27.0 Å². The summed E-state index contributed by atoms with van der Waals surface area (Å²) in [7, 11) is 1.64. The summed E-state index contributed by atoms with van der Waals surface area (Å²) in [4.78, 5) is 69.9. The van der Waals surface area contributed by atoms with Crippen LogP contribution in [0.15, 0.2) is 0 Å². The highest BCUT2D eigenvalue weighted by atomic mass is 16.5. The number of nitrogens with zero attached hydrogens (tertiary/aromatic N) is 1. The maximum absolute atomic E-state index is 14.1. The summed E-state index contributed by atoms with van der Waals surface area (Å²) in [5.41, 5.74) is 5.91. The number of hydrogen-bond donors (Lipinski definition) is 6. The summed E-state index contributed by atoms with van der Waals surface area (Å²) in [6, 6.07) is -4.80. The molecule has 1 saturated carbocycles. The van der Waals surface area contributed by atoms with E-state index >= 15 is 0 Å². The zero-order valence-electron chi connectivity index (χ0n) is 29.5. The van der Waals surface area contributed by atoms with Gasteiger partial charge in [-0.3, -0.25) is 24.0 Å². The van der Waals surface area contributed by atoms with Crippen LogP contribution in [0, 0.1) is 11.8 Å². The average Bonchev–Trinajstić information content (AvgIpc) is 3.05. The largest absolute Gasteiger partial charge is 0.391 e. The van der Waals surface area contributed by atoms with Crippen molar-refractivity contribution < 1.29 is 33.8 Å². The SMILES string of the molecule is CCCCCC[C@H]1C(=O)N(C)[C@@H](CCC)C(=O)N[C@@H](C2CCCCC2)C(=O)N[C@@H](CN)C(=O)N[C@@H]([C@H](C)O)C(=O)N[C@H](C)CO[C@@H]1C. The molecule has 2 rings (SSSR count). The lowest BCUT2D eigenvalue weighted by atomic mass is 9.83. The number of nitrogens with one attached hydrogen (secondary N) is 4. The van der Waals surface area contributed by atoms with Crippen LogP contribution in [-0.2, 0) is 28.7 Å². The lowest BCUT2D eigenvalue weighted by Crippen LogP contribution is -2.62. The fourth-order valence-electron chi connectivity index (χ4n) is 6.59. The third-order valence-corrected chi connectivity index (χ3v) is 9.56. The molecule has 1 aliphatic heterocycles. The summed E-state index contributed by atoms with van der Waals surface area (Å²) < 4.78 is 6.16. The van der Waals surface area contributed by atoms with Crippen LogP contribution in [0.2, 0.25) is 0 Å². The van der Waals surface area contributed by atoms with Crippen molar-refractivity contribution in [2.24, 2.45) is 17.6 Å². The first-order valence-corrected chi connectivity index (χ1v) is 17.8. The summed E-state index contributed by atoms with van der Waals surface area (Å²) >= 11 is 0. The second-order valence-electron chi connectivity index (χ2n) is 13.6. The van der Waals surface area contributed by atoms with E-state index in [9.17, 15) is 29.1 Å². The van der Waals surface area contributed by atoms with Crippen molar-refractivity contribution in [3.63, 3.8) is 0 Å². The topological polar surface area (TPSA) is 192 Å². The smallest absolute Gasteiger partial charge is 0.245 e. The van der Waals surface area contributed by atoms with E-state index in [1.54, 1.807) is 14.0 Å². The van der Waals surface area contributed by atoms with Gasteiger partial charge < -0.3 is 41.7 Å². The molecule has 0 aromatic heterocycles. The molecule has 47 heavy (non-hydrogen) atoms. The molecule has 0 aromatic rings. The molecular formula is C34H62N6O7. The molecule has 0 aromatic carbocycles. The van der Waals surface area contributed by atoms with Crippen molar-refractivity contribution in [2.75, 3.05) is 20.2 Å². The maximum Gasteiger partial charge on any atom is 0.245 e. The summed E-state index contributed by atoms with van der Waals surface area (Å²) in [5.74, 6) is -3.23. The Morgan fingerprint density at radius 3 is 2.13 bits per heavy atom. The number of aliphatic hydroxyl groups excluding tert-OH is 1. The highest BCUT2D eigenvalue weighted by molar-refractivity contribution is 5.96. The third-order valence-electron chi connectivity index (χ3n) is 9.56. The Labute approximate surface area is 281 Å². The lowest BCUT2D eigenvalue weighted by molar-refractivity contribution is -0.147. The van der Waals surface area contributed by atoms with Gasteiger partial charge in [0.25, 0.3) is 0 Å². The molecule has 5 amide bonds. The predicted octanol–water partition coefficient (Wildman–Crippen LogP) is 1.50. The molecule has 0 spiro atoms. The molecule has 2 aliphatic rings. The number of likely N-dealkylation sites (N-methyl/N-ethyl adjacent to an activating group) is 1. The minimum absolute atomic E-state index is 0.0826. The fourth-order valence-corrected chi connectivity index (χ4v) is 6.59. The average molecular weight is 667 g/mol. The standard InChI is InChI=1S/C34H62N6O7/c1-7-9-10-14-18-25-23(5)47-20-21(3)36-32(44)28(22(4)41)38-30(42)26(19-35)37-33(45)29(24-16-12-11-13-17-24)39-31(43)27(15-8-2)40(6)34(25)46/h21-29,41H,7-20,35H2,1-6H3,(H,36,44)(H,37,45)(H,38,42)(H,39,43)/t21-,22+,23-,25-,26+,27+,28+,29+/m1/s1. The monoisotopic (exact) mass is 666 g/mol.